The summed E-state index contributed by atoms with van der Waals surface area (Å²) in [7, 11) is 0. The molecular weight excluding hydrogens is 210 g/mol. The van der Waals surface area contributed by atoms with Gasteiger partial charge >= 0.3 is 0 Å². The normalized spacial score (nSPS) is 10.8. The van der Waals surface area contributed by atoms with Crippen molar-refractivity contribution in [3.63, 3.8) is 0 Å². The Morgan fingerprint density at radius 2 is 1.12 bits per heavy atom. The van der Waals surface area contributed by atoms with Crippen molar-refractivity contribution in [2.45, 2.75) is 0 Å². The Bertz CT molecular complexity index is 522. The number of rotatable bonds is 2. The number of anilines is 3. The summed E-state index contributed by atoms with van der Waals surface area (Å²) in [5, 5.41) is 0. The van der Waals surface area contributed by atoms with Gasteiger partial charge in [0, 0.05) is 17.1 Å². The zero-order valence-electron chi connectivity index (χ0n) is 9.43. The molecule has 2 aromatic rings. The molecule has 0 saturated carbocycles. The van der Waals surface area contributed by atoms with Crippen molar-refractivity contribution < 1.29 is 0 Å². The third-order valence-corrected chi connectivity index (χ3v) is 2.40. The Kier molecular flexibility index (Phi) is 3.01. The summed E-state index contributed by atoms with van der Waals surface area (Å²) < 4.78 is 0. The molecule has 0 aliphatic rings. The SMILES string of the molecule is Nc1ccc(/C=C\c2cc(N)cc(N)c2)cc1. The van der Waals surface area contributed by atoms with Gasteiger partial charge in [0.1, 0.15) is 0 Å². The van der Waals surface area contributed by atoms with Gasteiger partial charge in [-0.05, 0) is 41.5 Å². The van der Waals surface area contributed by atoms with Gasteiger partial charge < -0.3 is 17.2 Å². The highest BCUT2D eigenvalue weighted by molar-refractivity contribution is 5.73. The second kappa shape index (κ2) is 4.61. The van der Waals surface area contributed by atoms with E-state index in [0.29, 0.717) is 11.4 Å². The van der Waals surface area contributed by atoms with E-state index in [0.717, 1.165) is 16.8 Å². The molecule has 0 heterocycles. The molecule has 0 saturated heterocycles. The number of hydrogen-bond acceptors (Lipinski definition) is 3. The van der Waals surface area contributed by atoms with E-state index in [1.165, 1.54) is 0 Å². The first kappa shape index (κ1) is 11.1. The molecular formula is C14H15N3. The molecule has 0 aliphatic heterocycles. The Morgan fingerprint density at radius 1 is 0.588 bits per heavy atom. The van der Waals surface area contributed by atoms with E-state index < -0.39 is 0 Å². The monoisotopic (exact) mass is 225 g/mol. The van der Waals surface area contributed by atoms with Crippen LogP contribution in [0, 0.1) is 0 Å². The van der Waals surface area contributed by atoms with E-state index in [1.807, 2.05) is 48.6 Å². The summed E-state index contributed by atoms with van der Waals surface area (Å²) in [6.07, 6.45) is 3.96. The van der Waals surface area contributed by atoms with Crippen molar-refractivity contribution >= 4 is 29.2 Å². The predicted octanol–water partition coefficient (Wildman–Crippen LogP) is 2.60. The molecule has 3 nitrogen and oxygen atoms in total. The van der Waals surface area contributed by atoms with Gasteiger partial charge in [0.05, 0.1) is 0 Å². The first-order valence-electron chi connectivity index (χ1n) is 5.33. The lowest BCUT2D eigenvalue weighted by Gasteiger charge is -2.00. The van der Waals surface area contributed by atoms with Gasteiger partial charge in [-0.1, -0.05) is 24.3 Å². The van der Waals surface area contributed by atoms with Crippen LogP contribution in [0.3, 0.4) is 0 Å². The molecule has 0 atom stereocenters. The van der Waals surface area contributed by atoms with Gasteiger partial charge in [0.2, 0.25) is 0 Å². The van der Waals surface area contributed by atoms with Crippen molar-refractivity contribution in [3.05, 3.63) is 53.6 Å². The van der Waals surface area contributed by atoms with Gasteiger partial charge in [0.25, 0.3) is 0 Å². The Balaban J connectivity index is 2.22. The molecule has 0 radical (unpaired) electrons. The maximum atomic E-state index is 5.72. The molecule has 2 aromatic carbocycles. The highest BCUT2D eigenvalue weighted by Gasteiger charge is 1.93. The van der Waals surface area contributed by atoms with Gasteiger partial charge in [-0.15, -0.1) is 0 Å². The highest BCUT2D eigenvalue weighted by atomic mass is 14.6. The van der Waals surface area contributed by atoms with Crippen molar-refractivity contribution in [1.29, 1.82) is 0 Å². The minimum absolute atomic E-state index is 0.668. The number of nitrogen functional groups attached to an aromatic ring is 3. The lowest BCUT2D eigenvalue weighted by Crippen LogP contribution is -1.90. The van der Waals surface area contributed by atoms with Crippen LogP contribution in [0.4, 0.5) is 17.1 Å². The van der Waals surface area contributed by atoms with E-state index in [-0.39, 0.29) is 0 Å². The number of hydrogen-bond donors (Lipinski definition) is 3. The summed E-state index contributed by atoms with van der Waals surface area (Å²) in [4.78, 5) is 0. The number of benzene rings is 2. The van der Waals surface area contributed by atoms with Crippen LogP contribution in [-0.4, -0.2) is 0 Å². The largest absolute Gasteiger partial charge is 0.399 e. The molecule has 0 aromatic heterocycles. The maximum absolute atomic E-state index is 5.72. The predicted molar refractivity (Wildman–Crippen MR) is 75.0 cm³/mol. The summed E-state index contributed by atoms with van der Waals surface area (Å²) >= 11 is 0. The van der Waals surface area contributed by atoms with Gasteiger partial charge in [-0.25, -0.2) is 0 Å². The fourth-order valence-corrected chi connectivity index (χ4v) is 1.60. The quantitative estimate of drug-likeness (QED) is 0.543. The molecule has 0 bridgehead atoms. The van der Waals surface area contributed by atoms with Crippen molar-refractivity contribution in [1.82, 2.24) is 0 Å². The molecule has 6 N–H and O–H groups in total. The summed E-state index contributed by atoms with van der Waals surface area (Å²) in [6.45, 7) is 0. The van der Waals surface area contributed by atoms with Crippen LogP contribution in [0.2, 0.25) is 0 Å². The zero-order valence-corrected chi connectivity index (χ0v) is 9.43. The molecule has 2 rings (SSSR count). The van der Waals surface area contributed by atoms with Gasteiger partial charge in [0.15, 0.2) is 0 Å². The molecule has 17 heavy (non-hydrogen) atoms. The zero-order chi connectivity index (χ0) is 12.3. The molecule has 0 amide bonds. The second-order valence-corrected chi connectivity index (χ2v) is 3.93. The lowest BCUT2D eigenvalue weighted by atomic mass is 10.1. The third kappa shape index (κ3) is 3.01. The van der Waals surface area contributed by atoms with Crippen molar-refractivity contribution in [3.8, 4) is 0 Å². The van der Waals surface area contributed by atoms with Crippen LogP contribution in [0.5, 0.6) is 0 Å². The minimum atomic E-state index is 0.668. The lowest BCUT2D eigenvalue weighted by molar-refractivity contribution is 1.62. The number of nitrogens with two attached hydrogens (primary N) is 3. The Labute approximate surface area is 101 Å². The molecule has 0 spiro atoms. The average molecular weight is 225 g/mol. The van der Waals surface area contributed by atoms with Crippen LogP contribution in [-0.2, 0) is 0 Å². The van der Waals surface area contributed by atoms with Crippen LogP contribution in [0.25, 0.3) is 12.2 Å². The fourth-order valence-electron chi connectivity index (χ4n) is 1.60. The highest BCUT2D eigenvalue weighted by Crippen LogP contribution is 2.16. The standard InChI is InChI=1S/C14H15N3/c15-12-5-3-10(4-6-12)1-2-11-7-13(16)9-14(17)8-11/h1-9H,15-17H2/b2-1-. The summed E-state index contributed by atoms with van der Waals surface area (Å²) in [5.74, 6) is 0. The van der Waals surface area contributed by atoms with E-state index in [2.05, 4.69) is 0 Å². The van der Waals surface area contributed by atoms with Crippen LogP contribution in [0.15, 0.2) is 42.5 Å². The average Bonchev–Trinajstić information content (AvgIpc) is 2.27. The van der Waals surface area contributed by atoms with Crippen molar-refractivity contribution in [2.24, 2.45) is 0 Å². The first-order chi connectivity index (χ1) is 8.13. The minimum Gasteiger partial charge on any atom is -0.399 e. The van der Waals surface area contributed by atoms with E-state index in [1.54, 1.807) is 6.07 Å². The van der Waals surface area contributed by atoms with Crippen LogP contribution < -0.4 is 17.2 Å². The first-order valence-corrected chi connectivity index (χ1v) is 5.33. The Morgan fingerprint density at radius 3 is 1.71 bits per heavy atom. The topological polar surface area (TPSA) is 78.1 Å². The van der Waals surface area contributed by atoms with E-state index >= 15 is 0 Å². The molecule has 0 aliphatic carbocycles. The summed E-state index contributed by atoms with van der Waals surface area (Å²) in [6, 6.07) is 13.2. The third-order valence-electron chi connectivity index (χ3n) is 2.40. The van der Waals surface area contributed by atoms with Crippen molar-refractivity contribution in [2.75, 3.05) is 17.2 Å². The van der Waals surface area contributed by atoms with E-state index in [4.69, 9.17) is 17.2 Å². The molecule has 0 unspecified atom stereocenters. The smallest absolute Gasteiger partial charge is 0.0340 e. The maximum Gasteiger partial charge on any atom is 0.0340 e. The molecule has 3 heteroatoms. The van der Waals surface area contributed by atoms with Crippen LogP contribution >= 0.6 is 0 Å². The molecule has 0 fully saturated rings. The van der Waals surface area contributed by atoms with Gasteiger partial charge in [-0.3, -0.25) is 0 Å². The molecule has 86 valence electrons. The van der Waals surface area contributed by atoms with Crippen LogP contribution in [0.1, 0.15) is 11.1 Å². The second-order valence-electron chi connectivity index (χ2n) is 3.93. The summed E-state index contributed by atoms with van der Waals surface area (Å²) in [5.41, 5.74) is 21.2. The fraction of sp³-hybridized carbons (Fsp3) is 0. The van der Waals surface area contributed by atoms with E-state index in [9.17, 15) is 0 Å². The van der Waals surface area contributed by atoms with Gasteiger partial charge in [-0.2, -0.15) is 0 Å². The Hall–Kier alpha value is -2.42.